The van der Waals surface area contributed by atoms with E-state index in [9.17, 15) is 9.59 Å². The zero-order chi connectivity index (χ0) is 28.8. The number of thioether (sulfide) groups is 1. The Morgan fingerprint density at radius 2 is 1.51 bits per heavy atom. The number of carbonyl (C=O) groups excluding carboxylic acids is 2. The molecule has 2 saturated heterocycles. The van der Waals surface area contributed by atoms with Gasteiger partial charge in [-0.25, -0.2) is 0 Å². The molecule has 2 fully saturated rings. The van der Waals surface area contributed by atoms with Crippen LogP contribution in [0.25, 0.3) is 0 Å². The number of carbonyl (C=O) groups is 2. The van der Waals surface area contributed by atoms with E-state index in [1.165, 1.54) is 11.8 Å². The molecule has 4 aliphatic rings. The van der Waals surface area contributed by atoms with Crippen LogP contribution in [0.15, 0.2) is 64.1 Å². The summed E-state index contributed by atoms with van der Waals surface area (Å²) in [4.78, 5) is 42.0. The van der Waals surface area contributed by atoms with Gasteiger partial charge in [-0.2, -0.15) is 0 Å². The number of amides is 2. The Hall–Kier alpha value is -2.52. The summed E-state index contributed by atoms with van der Waals surface area (Å²) in [5, 5.41) is 2.17. The van der Waals surface area contributed by atoms with E-state index in [2.05, 4.69) is 30.7 Å². The van der Waals surface area contributed by atoms with Gasteiger partial charge in [-0.15, -0.1) is 0 Å². The zero-order valence-electron chi connectivity index (χ0n) is 23.6. The normalized spacial score (nSPS) is 24.9. The first-order chi connectivity index (χ1) is 19.7. The highest BCUT2D eigenvalue weighted by Crippen LogP contribution is 2.53. The number of halogens is 2. The van der Waals surface area contributed by atoms with Crippen molar-refractivity contribution < 1.29 is 9.59 Å². The van der Waals surface area contributed by atoms with Crippen molar-refractivity contribution in [3.05, 3.63) is 80.3 Å². The van der Waals surface area contributed by atoms with Crippen molar-refractivity contribution in [3.63, 3.8) is 0 Å². The average molecular weight is 613 g/mol. The number of rotatable bonds is 5. The number of likely N-dealkylation sites (tertiary alicyclic amines) is 1. The molecule has 41 heavy (non-hydrogen) atoms. The predicted octanol–water partition coefficient (Wildman–Crippen LogP) is 5.83. The standard InChI is InChI=1S/C31H35Cl2N5O2S/c1-19(2)26-28(30(40)37-14-4-5-24(37)29(39)36-17-15-35(3)16-18-36)41-31-34-25(20-6-10-22(32)11-7-20)27(38(26)31)21-8-12-23(33)13-9-21/h6-13,19,24-25,27H,4-5,14-18H2,1-3H3/t24-,25-,27+/m0/s1. The van der Waals surface area contributed by atoms with Gasteiger partial charge in [0.1, 0.15) is 17.0 Å². The van der Waals surface area contributed by atoms with Crippen molar-refractivity contribution >= 4 is 51.9 Å². The summed E-state index contributed by atoms with van der Waals surface area (Å²) in [5.41, 5.74) is 3.10. The van der Waals surface area contributed by atoms with Crippen molar-refractivity contribution in [1.82, 2.24) is 19.6 Å². The fraction of sp³-hybridized carbons (Fsp3) is 0.452. The lowest BCUT2D eigenvalue weighted by atomic mass is 9.92. The predicted molar refractivity (Wildman–Crippen MR) is 166 cm³/mol. The lowest BCUT2D eigenvalue weighted by Gasteiger charge is -2.36. The number of amidine groups is 1. The third-order valence-corrected chi connectivity index (χ3v) is 10.1. The zero-order valence-corrected chi connectivity index (χ0v) is 25.9. The van der Waals surface area contributed by atoms with Gasteiger partial charge in [-0.1, -0.05) is 61.3 Å². The molecule has 2 aromatic rings. The molecule has 0 N–H and O–H groups in total. The van der Waals surface area contributed by atoms with Gasteiger partial charge in [-0.3, -0.25) is 14.6 Å². The van der Waals surface area contributed by atoms with Crippen molar-refractivity contribution in [3.8, 4) is 0 Å². The Balaban J connectivity index is 1.34. The molecular weight excluding hydrogens is 577 g/mol. The molecule has 216 valence electrons. The molecule has 4 aliphatic heterocycles. The minimum absolute atomic E-state index is 0.0568. The molecule has 3 atom stereocenters. The molecule has 0 aromatic heterocycles. The quantitative estimate of drug-likeness (QED) is 0.426. The van der Waals surface area contributed by atoms with Gasteiger partial charge >= 0.3 is 0 Å². The molecule has 0 unspecified atom stereocenters. The van der Waals surface area contributed by atoms with Gasteiger partial charge in [0.15, 0.2) is 5.17 Å². The minimum Gasteiger partial charge on any atom is -0.338 e. The molecule has 7 nitrogen and oxygen atoms in total. The van der Waals surface area contributed by atoms with Crippen LogP contribution in [-0.4, -0.2) is 82.4 Å². The first-order valence-electron chi connectivity index (χ1n) is 14.3. The van der Waals surface area contributed by atoms with E-state index in [4.69, 9.17) is 28.2 Å². The Morgan fingerprint density at radius 1 is 0.902 bits per heavy atom. The van der Waals surface area contributed by atoms with Crippen LogP contribution in [0, 0.1) is 5.92 Å². The van der Waals surface area contributed by atoms with E-state index in [1.807, 2.05) is 58.3 Å². The van der Waals surface area contributed by atoms with E-state index < -0.39 is 6.04 Å². The summed E-state index contributed by atoms with van der Waals surface area (Å²) in [7, 11) is 2.08. The molecule has 2 aromatic carbocycles. The van der Waals surface area contributed by atoms with E-state index in [1.54, 1.807) is 0 Å². The van der Waals surface area contributed by atoms with Gasteiger partial charge in [0.25, 0.3) is 5.91 Å². The summed E-state index contributed by atoms with van der Waals surface area (Å²) in [6, 6.07) is 15.0. The summed E-state index contributed by atoms with van der Waals surface area (Å²) < 4.78 is 0. The summed E-state index contributed by atoms with van der Waals surface area (Å²) >= 11 is 13.9. The molecule has 4 heterocycles. The number of likely N-dealkylation sites (N-methyl/N-ethyl adjacent to an activating group) is 1. The largest absolute Gasteiger partial charge is 0.338 e. The topological polar surface area (TPSA) is 59.5 Å². The van der Waals surface area contributed by atoms with Crippen LogP contribution >= 0.6 is 35.0 Å². The Morgan fingerprint density at radius 3 is 2.12 bits per heavy atom. The maximum atomic E-state index is 14.3. The summed E-state index contributed by atoms with van der Waals surface area (Å²) in [6.45, 7) is 7.99. The number of piperazine rings is 1. The highest BCUT2D eigenvalue weighted by Gasteiger charge is 2.49. The van der Waals surface area contributed by atoms with Crippen molar-refractivity contribution in [2.75, 3.05) is 39.8 Å². The van der Waals surface area contributed by atoms with Crippen molar-refractivity contribution in [2.45, 2.75) is 44.8 Å². The molecule has 6 rings (SSSR count). The van der Waals surface area contributed by atoms with Gasteiger partial charge in [-0.05, 0) is 73.0 Å². The molecule has 0 saturated carbocycles. The number of allylic oxidation sites excluding steroid dienone is 1. The first kappa shape index (κ1) is 28.6. The van der Waals surface area contributed by atoms with Crippen molar-refractivity contribution in [2.24, 2.45) is 10.9 Å². The second-order valence-corrected chi connectivity index (χ2v) is 13.4. The number of hydrogen-bond acceptors (Lipinski definition) is 6. The number of benzene rings is 2. The molecule has 0 radical (unpaired) electrons. The maximum absolute atomic E-state index is 14.3. The van der Waals surface area contributed by atoms with E-state index in [-0.39, 0.29) is 29.8 Å². The Labute approximate surface area is 256 Å². The monoisotopic (exact) mass is 611 g/mol. The molecule has 10 heteroatoms. The Kier molecular flexibility index (Phi) is 8.11. The Bertz CT molecular complexity index is 1390. The smallest absolute Gasteiger partial charge is 0.263 e. The van der Waals surface area contributed by atoms with E-state index in [0.29, 0.717) is 41.0 Å². The lowest BCUT2D eigenvalue weighted by molar-refractivity contribution is -0.143. The SMILES string of the molecule is CC(C)C1=C(C(=O)N2CCC[C@H]2C(=O)N2CCN(C)CC2)SC2=N[C@@H](c3ccc(Cl)cc3)[C@@H](c3ccc(Cl)cc3)N21. The lowest BCUT2D eigenvalue weighted by Crippen LogP contribution is -2.53. The van der Waals surface area contributed by atoms with Crippen LogP contribution in [0.1, 0.15) is 49.9 Å². The van der Waals surface area contributed by atoms with Gasteiger partial charge in [0, 0.05) is 48.5 Å². The maximum Gasteiger partial charge on any atom is 0.263 e. The van der Waals surface area contributed by atoms with E-state index in [0.717, 1.165) is 41.5 Å². The second-order valence-electron chi connectivity index (χ2n) is 11.5. The van der Waals surface area contributed by atoms with Crippen LogP contribution in [0.4, 0.5) is 0 Å². The van der Waals surface area contributed by atoms with Crippen LogP contribution in [0.3, 0.4) is 0 Å². The third-order valence-electron chi connectivity index (χ3n) is 8.50. The number of hydrogen-bond donors (Lipinski definition) is 0. The van der Waals surface area contributed by atoms with Crippen LogP contribution in [0.2, 0.25) is 10.0 Å². The summed E-state index contributed by atoms with van der Waals surface area (Å²) in [6.07, 6.45) is 1.55. The first-order valence-corrected chi connectivity index (χ1v) is 15.9. The highest BCUT2D eigenvalue weighted by atomic mass is 35.5. The number of aliphatic imine (C=N–C) groups is 1. The van der Waals surface area contributed by atoms with Gasteiger partial charge in [0.2, 0.25) is 5.91 Å². The van der Waals surface area contributed by atoms with Crippen LogP contribution in [-0.2, 0) is 9.59 Å². The fourth-order valence-electron chi connectivity index (χ4n) is 6.33. The highest BCUT2D eigenvalue weighted by molar-refractivity contribution is 8.18. The van der Waals surface area contributed by atoms with Gasteiger partial charge < -0.3 is 19.6 Å². The molecular formula is C31H35Cl2N5O2S. The summed E-state index contributed by atoms with van der Waals surface area (Å²) in [5.74, 6) is 0.0966. The average Bonchev–Trinajstić information content (AvgIpc) is 3.68. The molecule has 0 bridgehead atoms. The minimum atomic E-state index is -0.404. The fourth-order valence-corrected chi connectivity index (χ4v) is 7.88. The van der Waals surface area contributed by atoms with Crippen LogP contribution < -0.4 is 0 Å². The van der Waals surface area contributed by atoms with Crippen LogP contribution in [0.5, 0.6) is 0 Å². The third kappa shape index (κ3) is 5.40. The number of fused-ring (bicyclic) bond motifs is 1. The second kappa shape index (κ2) is 11.6. The van der Waals surface area contributed by atoms with Crippen molar-refractivity contribution in [1.29, 1.82) is 0 Å². The molecule has 2 amide bonds. The molecule has 0 aliphatic carbocycles. The number of nitrogens with zero attached hydrogens (tertiary/aromatic N) is 5. The van der Waals surface area contributed by atoms with Gasteiger partial charge in [0.05, 0.1) is 6.04 Å². The molecule has 0 spiro atoms. The van der Waals surface area contributed by atoms with E-state index >= 15 is 0 Å².